The maximum absolute atomic E-state index is 10.3. The molecule has 4 aliphatic carbocycles. The van der Waals surface area contributed by atoms with Crippen LogP contribution < -0.4 is 5.73 Å². The van der Waals surface area contributed by atoms with E-state index in [9.17, 15) is 5.11 Å². The molecule has 168 valence electrons. The third kappa shape index (κ3) is 2.89. The van der Waals surface area contributed by atoms with Crippen molar-refractivity contribution in [1.29, 1.82) is 0 Å². The van der Waals surface area contributed by atoms with Crippen molar-refractivity contribution in [2.75, 3.05) is 5.73 Å². The van der Waals surface area contributed by atoms with Gasteiger partial charge in [-0.1, -0.05) is 53.6 Å². The van der Waals surface area contributed by atoms with E-state index >= 15 is 0 Å². The number of aromatic nitrogens is 2. The van der Waals surface area contributed by atoms with Crippen LogP contribution >= 0.6 is 15.9 Å². The summed E-state index contributed by atoms with van der Waals surface area (Å²) in [6.45, 7) is 4.92. The number of allylic oxidation sites excluding steroid dienone is 1. The predicted octanol–water partition coefficient (Wildman–Crippen LogP) is 5.83. The van der Waals surface area contributed by atoms with Crippen LogP contribution in [0.5, 0.6) is 0 Å². The number of aliphatic hydroxyl groups excluding tert-OH is 1. The van der Waals surface area contributed by atoms with E-state index < -0.39 is 0 Å². The largest absolute Gasteiger partial charge is 0.393 e. The number of anilines is 1. The molecule has 1 heterocycles. The highest BCUT2D eigenvalue weighted by Gasteiger charge is 2.58. The highest BCUT2D eigenvalue weighted by Crippen LogP contribution is 2.64. The summed E-state index contributed by atoms with van der Waals surface area (Å²) in [5, 5.41) is 10.3. The lowest BCUT2D eigenvalue weighted by molar-refractivity contribution is -0.0169. The predicted molar refractivity (Wildman–Crippen MR) is 131 cm³/mol. The third-order valence-corrected chi connectivity index (χ3v) is 10.0. The average molecular weight is 494 g/mol. The van der Waals surface area contributed by atoms with Gasteiger partial charge in [0.25, 0.3) is 0 Å². The summed E-state index contributed by atoms with van der Waals surface area (Å²) in [6, 6.07) is 8.38. The molecule has 0 aliphatic heterocycles. The van der Waals surface area contributed by atoms with E-state index in [1.807, 2.05) is 6.07 Å². The van der Waals surface area contributed by atoms with E-state index in [-0.39, 0.29) is 16.9 Å². The van der Waals surface area contributed by atoms with Gasteiger partial charge in [0.1, 0.15) is 0 Å². The molecule has 6 atom stereocenters. The first kappa shape index (κ1) is 20.9. The SMILES string of the molecule is C[C@]12CC[C@H](O)CC1=CC[C@H]1[C@@H]2CC[C@]2(C)c3nc(N)nc(-c4cccc(Br)c4)c3C[C@@H]12. The topological polar surface area (TPSA) is 72.0 Å². The fraction of sp³-hybridized carbons (Fsp3) is 0.556. The number of fused-ring (bicyclic) bond motifs is 7. The fourth-order valence-corrected chi connectivity index (χ4v) is 8.29. The van der Waals surface area contributed by atoms with Crippen molar-refractivity contribution < 1.29 is 5.11 Å². The van der Waals surface area contributed by atoms with Crippen molar-refractivity contribution >= 4 is 21.9 Å². The highest BCUT2D eigenvalue weighted by molar-refractivity contribution is 9.10. The van der Waals surface area contributed by atoms with Crippen LogP contribution in [-0.2, 0) is 11.8 Å². The lowest BCUT2D eigenvalue weighted by Crippen LogP contribution is -2.51. The van der Waals surface area contributed by atoms with E-state index in [4.69, 9.17) is 15.7 Å². The van der Waals surface area contributed by atoms with E-state index in [0.717, 1.165) is 54.3 Å². The quantitative estimate of drug-likeness (QED) is 0.490. The molecular weight excluding hydrogens is 462 g/mol. The number of hydrogen-bond donors (Lipinski definition) is 2. The van der Waals surface area contributed by atoms with Crippen molar-refractivity contribution in [1.82, 2.24) is 9.97 Å². The van der Waals surface area contributed by atoms with E-state index in [1.165, 1.54) is 23.3 Å². The van der Waals surface area contributed by atoms with Gasteiger partial charge >= 0.3 is 0 Å². The maximum atomic E-state index is 10.3. The Labute approximate surface area is 198 Å². The Morgan fingerprint density at radius 1 is 1.06 bits per heavy atom. The molecule has 0 spiro atoms. The number of nitrogens with zero attached hydrogens (tertiary/aromatic N) is 2. The molecule has 0 bridgehead atoms. The molecule has 0 radical (unpaired) electrons. The summed E-state index contributed by atoms with van der Waals surface area (Å²) >= 11 is 3.62. The monoisotopic (exact) mass is 493 g/mol. The van der Waals surface area contributed by atoms with Crippen LogP contribution in [0.4, 0.5) is 5.95 Å². The summed E-state index contributed by atoms with van der Waals surface area (Å²) in [4.78, 5) is 9.61. The summed E-state index contributed by atoms with van der Waals surface area (Å²) in [5.41, 5.74) is 12.7. The van der Waals surface area contributed by atoms with Gasteiger partial charge in [-0.2, -0.15) is 0 Å². The Kier molecular flexibility index (Phi) is 4.65. The molecule has 6 rings (SSSR count). The second kappa shape index (κ2) is 7.14. The van der Waals surface area contributed by atoms with Crippen molar-refractivity contribution in [3.8, 4) is 11.3 Å². The molecule has 3 N–H and O–H groups in total. The molecule has 2 aromatic rings. The molecule has 2 fully saturated rings. The van der Waals surface area contributed by atoms with Crippen molar-refractivity contribution in [2.24, 2.45) is 23.2 Å². The molecule has 1 aromatic heterocycles. The van der Waals surface area contributed by atoms with Gasteiger partial charge in [-0.05, 0) is 80.2 Å². The summed E-state index contributed by atoms with van der Waals surface area (Å²) in [7, 11) is 0. The van der Waals surface area contributed by atoms with Gasteiger partial charge in [-0.25, -0.2) is 9.97 Å². The molecule has 0 amide bonds. The van der Waals surface area contributed by atoms with Crippen LogP contribution in [-0.4, -0.2) is 21.2 Å². The zero-order valence-corrected chi connectivity index (χ0v) is 20.5. The van der Waals surface area contributed by atoms with Crippen molar-refractivity contribution in [3.63, 3.8) is 0 Å². The van der Waals surface area contributed by atoms with Gasteiger partial charge in [-0.3, -0.25) is 0 Å². The van der Waals surface area contributed by atoms with Gasteiger partial charge in [0.2, 0.25) is 5.95 Å². The van der Waals surface area contributed by atoms with Gasteiger partial charge in [0, 0.05) is 21.0 Å². The molecule has 0 unspecified atom stereocenters. The number of nitrogen functional groups attached to an aromatic ring is 1. The maximum Gasteiger partial charge on any atom is 0.220 e. The summed E-state index contributed by atoms with van der Waals surface area (Å²) < 4.78 is 1.06. The van der Waals surface area contributed by atoms with Crippen LogP contribution in [0.1, 0.15) is 63.6 Å². The van der Waals surface area contributed by atoms with Crippen LogP contribution in [0.3, 0.4) is 0 Å². The molecule has 5 heteroatoms. The smallest absolute Gasteiger partial charge is 0.220 e. The number of rotatable bonds is 1. The molecule has 1 aromatic carbocycles. The van der Waals surface area contributed by atoms with Crippen molar-refractivity contribution in [2.45, 2.75) is 70.3 Å². The standard InChI is InChI=1S/C27H32BrN3O/c1-26-10-8-18(32)13-16(26)6-7-19-21(26)9-11-27(2)22(19)14-20-23(30-25(29)31-24(20)27)15-4-3-5-17(28)12-15/h3-6,12,18-19,21-22,32H,7-11,13-14H2,1-2H3,(H2,29,30,31)/t18-,19-,21-,22-,26-,27-/m0/s1. The number of benzene rings is 1. The van der Waals surface area contributed by atoms with Gasteiger partial charge in [0.15, 0.2) is 0 Å². The van der Waals surface area contributed by atoms with Gasteiger partial charge in [0.05, 0.1) is 17.5 Å². The zero-order valence-electron chi connectivity index (χ0n) is 18.9. The van der Waals surface area contributed by atoms with E-state index in [2.05, 4.69) is 54.1 Å². The van der Waals surface area contributed by atoms with Crippen LogP contribution in [0, 0.1) is 23.2 Å². The Hall–Kier alpha value is -1.72. The number of aliphatic hydroxyl groups is 1. The van der Waals surface area contributed by atoms with E-state index in [0.29, 0.717) is 23.7 Å². The highest BCUT2D eigenvalue weighted by atomic mass is 79.9. The number of nitrogens with two attached hydrogens (primary N) is 1. The Morgan fingerprint density at radius 3 is 2.69 bits per heavy atom. The number of halogens is 1. The third-order valence-electron chi connectivity index (χ3n) is 9.55. The first-order chi connectivity index (χ1) is 15.3. The molecule has 4 nitrogen and oxygen atoms in total. The van der Waals surface area contributed by atoms with Gasteiger partial charge in [-0.15, -0.1) is 0 Å². The lowest BCUT2D eigenvalue weighted by atomic mass is 9.48. The van der Waals surface area contributed by atoms with Crippen LogP contribution in [0.25, 0.3) is 11.3 Å². The zero-order chi connectivity index (χ0) is 22.3. The normalized spacial score (nSPS) is 37.7. The van der Waals surface area contributed by atoms with Gasteiger partial charge < -0.3 is 10.8 Å². The minimum atomic E-state index is -0.151. The second-order valence-electron chi connectivity index (χ2n) is 11.1. The molecule has 2 saturated carbocycles. The lowest BCUT2D eigenvalue weighted by Gasteiger charge is -2.57. The summed E-state index contributed by atoms with van der Waals surface area (Å²) in [5.74, 6) is 2.31. The molecule has 4 aliphatic rings. The molecule has 32 heavy (non-hydrogen) atoms. The number of hydrogen-bond acceptors (Lipinski definition) is 4. The first-order valence-electron chi connectivity index (χ1n) is 12.1. The first-order valence-corrected chi connectivity index (χ1v) is 12.9. The van der Waals surface area contributed by atoms with Crippen LogP contribution in [0.2, 0.25) is 0 Å². The Morgan fingerprint density at radius 2 is 1.88 bits per heavy atom. The fourth-order valence-electron chi connectivity index (χ4n) is 7.89. The minimum Gasteiger partial charge on any atom is -0.393 e. The Balaban J connectivity index is 1.43. The molecular formula is C27H32BrN3O. The van der Waals surface area contributed by atoms with E-state index in [1.54, 1.807) is 0 Å². The average Bonchev–Trinajstić information content (AvgIpc) is 3.06. The Bertz CT molecular complexity index is 1130. The second-order valence-corrected chi connectivity index (χ2v) is 12.0. The summed E-state index contributed by atoms with van der Waals surface area (Å²) in [6.07, 6.45) is 9.83. The minimum absolute atomic E-state index is 0.0597. The molecule has 0 saturated heterocycles. The van der Waals surface area contributed by atoms with Crippen molar-refractivity contribution in [3.05, 3.63) is 51.6 Å². The van der Waals surface area contributed by atoms with Crippen LogP contribution in [0.15, 0.2) is 40.4 Å².